The molecule has 2 heterocycles. The standard InChI is InChI=1S/C9H12BrN3O2/c1-12-6-7(10)11-8(9(12)14)13-2-4-15-5-3-13/h6H,2-5H2,1H3. The molecule has 0 spiro atoms. The summed E-state index contributed by atoms with van der Waals surface area (Å²) in [5.74, 6) is 0.496. The fourth-order valence-electron chi connectivity index (χ4n) is 1.54. The van der Waals surface area contributed by atoms with E-state index in [4.69, 9.17) is 4.74 Å². The van der Waals surface area contributed by atoms with Crippen molar-refractivity contribution in [2.24, 2.45) is 7.05 Å². The number of aromatic nitrogens is 2. The molecule has 0 bridgehead atoms. The monoisotopic (exact) mass is 273 g/mol. The molecule has 0 aliphatic carbocycles. The molecule has 82 valence electrons. The summed E-state index contributed by atoms with van der Waals surface area (Å²) in [7, 11) is 1.72. The van der Waals surface area contributed by atoms with Crippen LogP contribution in [-0.4, -0.2) is 35.9 Å². The lowest BCUT2D eigenvalue weighted by Gasteiger charge is -2.27. The van der Waals surface area contributed by atoms with Crippen molar-refractivity contribution in [1.29, 1.82) is 0 Å². The van der Waals surface area contributed by atoms with Gasteiger partial charge in [-0.05, 0) is 15.9 Å². The smallest absolute Gasteiger partial charge is 0.293 e. The van der Waals surface area contributed by atoms with Crippen LogP contribution in [0.5, 0.6) is 0 Å². The number of morpholine rings is 1. The molecule has 0 saturated carbocycles. The van der Waals surface area contributed by atoms with Crippen molar-refractivity contribution >= 4 is 21.7 Å². The zero-order valence-electron chi connectivity index (χ0n) is 8.44. The molecule has 1 saturated heterocycles. The minimum absolute atomic E-state index is 0.0694. The molecule has 0 aromatic carbocycles. The van der Waals surface area contributed by atoms with E-state index in [1.165, 1.54) is 4.57 Å². The van der Waals surface area contributed by atoms with Gasteiger partial charge in [0.1, 0.15) is 4.60 Å². The predicted octanol–water partition coefficient (Wildman–Crippen LogP) is 0.379. The number of ether oxygens (including phenoxy) is 1. The lowest BCUT2D eigenvalue weighted by Crippen LogP contribution is -2.41. The van der Waals surface area contributed by atoms with E-state index in [1.807, 2.05) is 4.90 Å². The van der Waals surface area contributed by atoms with Crippen LogP contribution < -0.4 is 10.5 Å². The first kappa shape index (κ1) is 10.6. The van der Waals surface area contributed by atoms with Gasteiger partial charge in [-0.2, -0.15) is 0 Å². The third-order valence-electron chi connectivity index (χ3n) is 2.34. The molecule has 1 fully saturated rings. The van der Waals surface area contributed by atoms with E-state index < -0.39 is 0 Å². The Morgan fingerprint density at radius 1 is 1.47 bits per heavy atom. The van der Waals surface area contributed by atoms with Gasteiger partial charge in [-0.1, -0.05) is 0 Å². The van der Waals surface area contributed by atoms with Gasteiger partial charge in [0.15, 0.2) is 5.82 Å². The molecule has 0 radical (unpaired) electrons. The summed E-state index contributed by atoms with van der Waals surface area (Å²) in [6.07, 6.45) is 1.66. The van der Waals surface area contributed by atoms with Crippen LogP contribution in [-0.2, 0) is 11.8 Å². The first-order chi connectivity index (χ1) is 7.18. The molecule has 15 heavy (non-hydrogen) atoms. The van der Waals surface area contributed by atoms with Crippen molar-refractivity contribution in [2.75, 3.05) is 31.2 Å². The van der Waals surface area contributed by atoms with Crippen molar-refractivity contribution in [2.45, 2.75) is 0 Å². The highest BCUT2D eigenvalue weighted by molar-refractivity contribution is 9.10. The topological polar surface area (TPSA) is 47.4 Å². The van der Waals surface area contributed by atoms with Crippen LogP contribution in [0.15, 0.2) is 15.6 Å². The molecular formula is C9H12BrN3O2. The molecule has 0 amide bonds. The summed E-state index contributed by atoms with van der Waals surface area (Å²) in [5, 5.41) is 0. The molecule has 0 atom stereocenters. The first-order valence-electron chi connectivity index (χ1n) is 4.74. The minimum atomic E-state index is -0.0694. The van der Waals surface area contributed by atoms with Crippen LogP contribution in [0.3, 0.4) is 0 Å². The average Bonchev–Trinajstić information content (AvgIpc) is 2.24. The van der Waals surface area contributed by atoms with Gasteiger partial charge >= 0.3 is 0 Å². The van der Waals surface area contributed by atoms with Gasteiger partial charge < -0.3 is 14.2 Å². The molecule has 0 unspecified atom stereocenters. The molecule has 2 rings (SSSR count). The van der Waals surface area contributed by atoms with Crippen LogP contribution in [0.25, 0.3) is 0 Å². The van der Waals surface area contributed by atoms with E-state index in [9.17, 15) is 4.79 Å². The molecule has 1 aliphatic rings. The van der Waals surface area contributed by atoms with Crippen molar-refractivity contribution in [1.82, 2.24) is 9.55 Å². The second-order valence-corrected chi connectivity index (χ2v) is 4.22. The lowest BCUT2D eigenvalue weighted by molar-refractivity contribution is 0.122. The fraction of sp³-hybridized carbons (Fsp3) is 0.556. The number of halogens is 1. The third-order valence-corrected chi connectivity index (χ3v) is 2.72. The number of hydrogen-bond donors (Lipinski definition) is 0. The van der Waals surface area contributed by atoms with E-state index in [0.29, 0.717) is 23.6 Å². The minimum Gasteiger partial charge on any atom is -0.378 e. The quantitative estimate of drug-likeness (QED) is 0.742. The van der Waals surface area contributed by atoms with Crippen LogP contribution >= 0.6 is 15.9 Å². The maximum atomic E-state index is 11.8. The Morgan fingerprint density at radius 2 is 2.13 bits per heavy atom. The highest BCUT2D eigenvalue weighted by Gasteiger charge is 2.16. The second kappa shape index (κ2) is 4.32. The van der Waals surface area contributed by atoms with Crippen LogP contribution in [0.4, 0.5) is 5.82 Å². The van der Waals surface area contributed by atoms with Crippen molar-refractivity contribution in [3.05, 3.63) is 21.2 Å². The van der Waals surface area contributed by atoms with Crippen LogP contribution in [0.2, 0.25) is 0 Å². The maximum Gasteiger partial charge on any atom is 0.293 e. The average molecular weight is 274 g/mol. The Hall–Kier alpha value is -0.880. The maximum absolute atomic E-state index is 11.8. The van der Waals surface area contributed by atoms with Crippen LogP contribution in [0, 0.1) is 0 Å². The number of hydrogen-bond acceptors (Lipinski definition) is 4. The van der Waals surface area contributed by atoms with Gasteiger partial charge in [-0.15, -0.1) is 0 Å². The van der Waals surface area contributed by atoms with E-state index in [-0.39, 0.29) is 5.56 Å². The summed E-state index contributed by atoms with van der Waals surface area (Å²) in [6, 6.07) is 0. The van der Waals surface area contributed by atoms with Crippen molar-refractivity contribution < 1.29 is 4.74 Å². The van der Waals surface area contributed by atoms with Gasteiger partial charge in [-0.3, -0.25) is 4.79 Å². The Morgan fingerprint density at radius 3 is 2.80 bits per heavy atom. The zero-order chi connectivity index (χ0) is 10.8. The third kappa shape index (κ3) is 2.21. The molecule has 6 heteroatoms. The number of rotatable bonds is 1. The normalized spacial score (nSPS) is 16.8. The Bertz CT molecular complexity index is 412. The summed E-state index contributed by atoms with van der Waals surface area (Å²) in [4.78, 5) is 18.0. The van der Waals surface area contributed by atoms with Gasteiger partial charge in [0, 0.05) is 26.3 Å². The number of nitrogens with zero attached hydrogens (tertiary/aromatic N) is 3. The summed E-state index contributed by atoms with van der Waals surface area (Å²) < 4.78 is 7.43. The Kier molecular flexibility index (Phi) is 3.06. The lowest BCUT2D eigenvalue weighted by atomic mass is 10.4. The van der Waals surface area contributed by atoms with Gasteiger partial charge in [-0.25, -0.2) is 4.98 Å². The Balaban J connectivity index is 2.38. The molecular weight excluding hydrogens is 262 g/mol. The number of aryl methyl sites for hydroxylation is 1. The zero-order valence-corrected chi connectivity index (χ0v) is 10.0. The second-order valence-electron chi connectivity index (χ2n) is 3.40. The first-order valence-corrected chi connectivity index (χ1v) is 5.53. The fourth-order valence-corrected chi connectivity index (χ4v) is 2.01. The predicted molar refractivity (Wildman–Crippen MR) is 60.2 cm³/mol. The van der Waals surface area contributed by atoms with E-state index >= 15 is 0 Å². The molecule has 5 nitrogen and oxygen atoms in total. The molecule has 1 aromatic rings. The largest absolute Gasteiger partial charge is 0.378 e. The SMILES string of the molecule is Cn1cc(Br)nc(N2CCOCC2)c1=O. The van der Waals surface area contributed by atoms with Gasteiger partial charge in [0.05, 0.1) is 13.2 Å². The summed E-state index contributed by atoms with van der Waals surface area (Å²) in [6.45, 7) is 2.74. The number of anilines is 1. The van der Waals surface area contributed by atoms with Crippen LogP contribution in [0.1, 0.15) is 0 Å². The molecule has 1 aromatic heterocycles. The summed E-state index contributed by atoms with van der Waals surface area (Å²) in [5.41, 5.74) is -0.0694. The highest BCUT2D eigenvalue weighted by atomic mass is 79.9. The van der Waals surface area contributed by atoms with Crippen molar-refractivity contribution in [3.63, 3.8) is 0 Å². The van der Waals surface area contributed by atoms with Crippen molar-refractivity contribution in [3.8, 4) is 0 Å². The Labute approximate surface area is 95.8 Å². The molecule has 1 aliphatic heterocycles. The van der Waals surface area contributed by atoms with E-state index in [1.54, 1.807) is 13.2 Å². The van der Waals surface area contributed by atoms with Gasteiger partial charge in [0.25, 0.3) is 5.56 Å². The van der Waals surface area contributed by atoms with E-state index in [0.717, 1.165) is 13.1 Å². The highest BCUT2D eigenvalue weighted by Crippen LogP contribution is 2.11. The molecule has 0 N–H and O–H groups in total. The summed E-state index contributed by atoms with van der Waals surface area (Å²) >= 11 is 3.28. The van der Waals surface area contributed by atoms with E-state index in [2.05, 4.69) is 20.9 Å². The van der Waals surface area contributed by atoms with Gasteiger partial charge in [0.2, 0.25) is 0 Å².